The van der Waals surface area contributed by atoms with Gasteiger partial charge >= 0.3 is 0 Å². The molecule has 0 fully saturated rings. The molecule has 3 nitrogen and oxygen atoms in total. The fourth-order valence-electron chi connectivity index (χ4n) is 1.62. The van der Waals surface area contributed by atoms with Crippen LogP contribution in [0.4, 0.5) is 0 Å². The molecule has 18 heavy (non-hydrogen) atoms. The first kappa shape index (κ1) is 13.1. The van der Waals surface area contributed by atoms with Gasteiger partial charge in [-0.15, -0.1) is 0 Å². The molecule has 0 bridgehead atoms. The summed E-state index contributed by atoms with van der Waals surface area (Å²) in [6.07, 6.45) is 2.91. The number of hydrogen-bond acceptors (Lipinski definition) is 3. The summed E-state index contributed by atoms with van der Waals surface area (Å²) in [4.78, 5) is 3.96. The molecule has 0 aliphatic heterocycles. The average Bonchev–Trinajstić information content (AvgIpc) is 2.37. The van der Waals surface area contributed by atoms with Gasteiger partial charge in [0.15, 0.2) is 0 Å². The van der Waals surface area contributed by atoms with Gasteiger partial charge in [0.1, 0.15) is 12.4 Å². The van der Waals surface area contributed by atoms with Crippen molar-refractivity contribution in [1.29, 1.82) is 0 Å². The topological polar surface area (TPSA) is 42.4 Å². The van der Waals surface area contributed by atoms with Crippen LogP contribution in [0.1, 0.15) is 24.2 Å². The van der Waals surface area contributed by atoms with Crippen LogP contribution < -0.4 is 4.74 Å². The molecule has 0 unspecified atom stereocenters. The highest BCUT2D eigenvalue weighted by Gasteiger charge is 2.09. The van der Waals surface area contributed by atoms with Crippen LogP contribution in [0.15, 0.2) is 47.2 Å². The third kappa shape index (κ3) is 3.31. The number of aromatic nitrogens is 1. The van der Waals surface area contributed by atoms with E-state index in [4.69, 9.17) is 4.74 Å². The first-order valence-electron chi connectivity index (χ1n) is 5.66. The lowest BCUT2D eigenvalue weighted by Crippen LogP contribution is -2.01. The minimum atomic E-state index is -0.550. The van der Waals surface area contributed by atoms with E-state index in [1.165, 1.54) is 0 Å². The Morgan fingerprint density at radius 2 is 2.00 bits per heavy atom. The van der Waals surface area contributed by atoms with Gasteiger partial charge < -0.3 is 9.84 Å². The maximum absolute atomic E-state index is 9.69. The minimum absolute atomic E-state index is 0.457. The van der Waals surface area contributed by atoms with E-state index >= 15 is 0 Å². The summed E-state index contributed by atoms with van der Waals surface area (Å²) in [5.74, 6) is 0.691. The maximum Gasteiger partial charge on any atom is 0.126 e. The van der Waals surface area contributed by atoms with Crippen LogP contribution in [0.25, 0.3) is 0 Å². The van der Waals surface area contributed by atoms with Crippen LogP contribution in [0, 0.1) is 0 Å². The molecule has 1 N–H and O–H groups in total. The quantitative estimate of drug-likeness (QED) is 0.940. The Bertz CT molecular complexity index is 514. The largest absolute Gasteiger partial charge is 0.488 e. The molecule has 0 spiro atoms. The maximum atomic E-state index is 9.69. The van der Waals surface area contributed by atoms with E-state index in [0.717, 1.165) is 15.6 Å². The standard InChI is InChI=1S/C14H14BrNO2/c1-10(17)13-3-2-12(15)8-14(13)18-9-11-4-6-16-7-5-11/h2-8,10,17H,9H2,1H3/t10-/m1/s1. The Morgan fingerprint density at radius 3 is 2.67 bits per heavy atom. The second-order valence-electron chi connectivity index (χ2n) is 4.00. The number of halogens is 1. The Labute approximate surface area is 115 Å². The van der Waals surface area contributed by atoms with Gasteiger partial charge in [-0.3, -0.25) is 4.98 Å². The van der Waals surface area contributed by atoms with Crippen molar-refractivity contribution in [2.24, 2.45) is 0 Å². The summed E-state index contributed by atoms with van der Waals surface area (Å²) < 4.78 is 6.67. The molecular formula is C14H14BrNO2. The second kappa shape index (κ2) is 5.98. The zero-order valence-electron chi connectivity index (χ0n) is 10.0. The SMILES string of the molecule is C[C@@H](O)c1ccc(Br)cc1OCc1ccncc1. The molecule has 0 radical (unpaired) electrons. The van der Waals surface area contributed by atoms with Gasteiger partial charge in [-0.25, -0.2) is 0 Å². The van der Waals surface area contributed by atoms with E-state index in [0.29, 0.717) is 12.4 Å². The van der Waals surface area contributed by atoms with Crippen molar-refractivity contribution in [1.82, 2.24) is 4.98 Å². The molecule has 1 heterocycles. The smallest absolute Gasteiger partial charge is 0.126 e. The molecule has 0 aliphatic carbocycles. The van der Waals surface area contributed by atoms with Crippen molar-refractivity contribution in [3.63, 3.8) is 0 Å². The molecule has 2 rings (SSSR count). The van der Waals surface area contributed by atoms with Crippen LogP contribution in [0.5, 0.6) is 5.75 Å². The number of rotatable bonds is 4. The summed E-state index contributed by atoms with van der Waals surface area (Å²) >= 11 is 3.40. The molecule has 1 aromatic carbocycles. The predicted octanol–water partition coefficient (Wildman–Crippen LogP) is 3.48. The molecule has 0 saturated carbocycles. The Balaban J connectivity index is 2.15. The predicted molar refractivity (Wildman–Crippen MR) is 73.3 cm³/mol. The molecule has 1 aromatic heterocycles. The van der Waals surface area contributed by atoms with E-state index < -0.39 is 6.10 Å². The highest BCUT2D eigenvalue weighted by Crippen LogP contribution is 2.29. The molecule has 1 atom stereocenters. The normalized spacial score (nSPS) is 12.2. The second-order valence-corrected chi connectivity index (χ2v) is 4.92. The van der Waals surface area contributed by atoms with Gasteiger partial charge in [-0.1, -0.05) is 22.0 Å². The van der Waals surface area contributed by atoms with E-state index in [1.54, 1.807) is 19.3 Å². The van der Waals surface area contributed by atoms with Gasteiger partial charge in [-0.05, 0) is 36.8 Å². The monoisotopic (exact) mass is 307 g/mol. The minimum Gasteiger partial charge on any atom is -0.488 e. The number of nitrogens with zero attached hydrogens (tertiary/aromatic N) is 1. The molecule has 0 amide bonds. The highest BCUT2D eigenvalue weighted by atomic mass is 79.9. The lowest BCUT2D eigenvalue weighted by Gasteiger charge is -2.13. The van der Waals surface area contributed by atoms with E-state index in [-0.39, 0.29) is 0 Å². The van der Waals surface area contributed by atoms with Gasteiger partial charge in [0, 0.05) is 22.4 Å². The van der Waals surface area contributed by atoms with Crippen LogP contribution in [-0.2, 0) is 6.61 Å². The summed E-state index contributed by atoms with van der Waals surface area (Å²) in [6, 6.07) is 9.42. The highest BCUT2D eigenvalue weighted by molar-refractivity contribution is 9.10. The first-order valence-corrected chi connectivity index (χ1v) is 6.45. The van der Waals surface area contributed by atoms with Crippen molar-refractivity contribution >= 4 is 15.9 Å². The van der Waals surface area contributed by atoms with Crippen LogP contribution in [0.3, 0.4) is 0 Å². The van der Waals surface area contributed by atoms with Gasteiger partial charge in [0.25, 0.3) is 0 Å². The number of benzene rings is 1. The summed E-state index contributed by atoms with van der Waals surface area (Å²) in [7, 11) is 0. The molecule has 2 aromatic rings. The van der Waals surface area contributed by atoms with E-state index in [2.05, 4.69) is 20.9 Å². The van der Waals surface area contributed by atoms with Crippen molar-refractivity contribution in [3.05, 3.63) is 58.3 Å². The van der Waals surface area contributed by atoms with Crippen molar-refractivity contribution in [2.45, 2.75) is 19.6 Å². The fourth-order valence-corrected chi connectivity index (χ4v) is 1.96. The molecule has 4 heteroatoms. The Kier molecular flexibility index (Phi) is 4.33. The molecule has 94 valence electrons. The lowest BCUT2D eigenvalue weighted by molar-refractivity contribution is 0.190. The van der Waals surface area contributed by atoms with Crippen molar-refractivity contribution in [2.75, 3.05) is 0 Å². The van der Waals surface area contributed by atoms with Crippen molar-refractivity contribution in [3.8, 4) is 5.75 Å². The third-order valence-corrected chi connectivity index (χ3v) is 3.06. The van der Waals surface area contributed by atoms with Crippen LogP contribution in [0.2, 0.25) is 0 Å². The first-order chi connectivity index (χ1) is 8.66. The van der Waals surface area contributed by atoms with E-state index in [9.17, 15) is 5.11 Å². The fraction of sp³-hybridized carbons (Fsp3) is 0.214. The third-order valence-electron chi connectivity index (χ3n) is 2.57. The van der Waals surface area contributed by atoms with Gasteiger partial charge in [0.05, 0.1) is 6.10 Å². The summed E-state index contributed by atoms with van der Waals surface area (Å²) in [5.41, 5.74) is 1.83. The molecule has 0 aliphatic rings. The number of pyridine rings is 1. The molecular weight excluding hydrogens is 294 g/mol. The Morgan fingerprint density at radius 1 is 1.28 bits per heavy atom. The number of aliphatic hydroxyl groups is 1. The number of aliphatic hydroxyl groups excluding tert-OH is 1. The number of ether oxygens (including phenoxy) is 1. The van der Waals surface area contributed by atoms with Crippen LogP contribution >= 0.6 is 15.9 Å². The van der Waals surface area contributed by atoms with E-state index in [1.807, 2.05) is 30.3 Å². The van der Waals surface area contributed by atoms with Gasteiger partial charge in [0.2, 0.25) is 0 Å². The Hall–Kier alpha value is -1.39. The zero-order chi connectivity index (χ0) is 13.0. The summed E-state index contributed by atoms with van der Waals surface area (Å²) in [5, 5.41) is 9.69. The zero-order valence-corrected chi connectivity index (χ0v) is 11.6. The van der Waals surface area contributed by atoms with Gasteiger partial charge in [-0.2, -0.15) is 0 Å². The summed E-state index contributed by atoms with van der Waals surface area (Å²) in [6.45, 7) is 2.18. The average molecular weight is 308 g/mol. The van der Waals surface area contributed by atoms with Crippen LogP contribution in [-0.4, -0.2) is 10.1 Å². The molecule has 0 saturated heterocycles. The van der Waals surface area contributed by atoms with Crippen molar-refractivity contribution < 1.29 is 9.84 Å². The lowest BCUT2D eigenvalue weighted by atomic mass is 10.1. The number of hydrogen-bond donors (Lipinski definition) is 1.